The first-order valence-electron chi connectivity index (χ1n) is 10.4. The number of hydrogen-bond acceptors (Lipinski definition) is 5. The van der Waals surface area contributed by atoms with E-state index >= 15 is 0 Å². The van der Waals surface area contributed by atoms with Crippen LogP contribution in [0.3, 0.4) is 0 Å². The number of carbonyl (C=O) groups is 1. The number of aliphatic hydroxyl groups excluding tert-OH is 1. The molecule has 174 valence electrons. The zero-order valence-electron chi connectivity index (χ0n) is 18.4. The van der Waals surface area contributed by atoms with E-state index in [9.17, 15) is 19.8 Å². The van der Waals surface area contributed by atoms with Crippen LogP contribution in [0.5, 0.6) is 0 Å². The molecule has 32 heavy (non-hydrogen) atoms. The third-order valence-corrected chi connectivity index (χ3v) is 5.57. The number of likely N-dealkylation sites (N-methyl/N-ethyl adjacent to an activating group) is 1. The molecule has 3 rings (SSSR count). The molecule has 0 aliphatic carbocycles. The molecule has 0 saturated heterocycles. The number of hydrogen-bond donors (Lipinski definition) is 3. The molecule has 0 bridgehead atoms. The number of nitrogens with one attached hydrogen (secondary N) is 1. The number of H-pyrrole nitrogens is 1. The maximum absolute atomic E-state index is 11.8. The molecule has 1 aromatic carbocycles. The first-order valence-corrected chi connectivity index (χ1v) is 10.4. The van der Waals surface area contributed by atoms with Crippen molar-refractivity contribution >= 4 is 17.0 Å². The Morgan fingerprint density at radius 2 is 2.00 bits per heavy atom. The van der Waals surface area contributed by atoms with Crippen LogP contribution >= 0.6 is 0 Å². The van der Waals surface area contributed by atoms with Crippen LogP contribution < -0.4 is 5.56 Å². The zero-order chi connectivity index (χ0) is 22.7. The van der Waals surface area contributed by atoms with E-state index in [1.165, 1.54) is 6.92 Å². The van der Waals surface area contributed by atoms with Gasteiger partial charge in [0.2, 0.25) is 0 Å². The smallest absolute Gasteiger partial charge is 0.309 e. The van der Waals surface area contributed by atoms with Crippen molar-refractivity contribution in [2.75, 3.05) is 20.6 Å². The highest BCUT2D eigenvalue weighted by Crippen LogP contribution is 2.26. The van der Waals surface area contributed by atoms with Crippen molar-refractivity contribution in [1.29, 1.82) is 0 Å². The first-order chi connectivity index (χ1) is 14.7. The minimum absolute atomic E-state index is 0. The third-order valence-electron chi connectivity index (χ3n) is 5.57. The van der Waals surface area contributed by atoms with Gasteiger partial charge in [0.05, 0.1) is 23.1 Å². The number of nitrogens with zero attached hydrogens (tertiary/aromatic N) is 3. The van der Waals surface area contributed by atoms with E-state index in [1.807, 2.05) is 38.4 Å². The average molecular weight is 443 g/mol. The number of imidazole rings is 1. The van der Waals surface area contributed by atoms with E-state index < -0.39 is 18.0 Å². The summed E-state index contributed by atoms with van der Waals surface area (Å²) in [6.07, 6.45) is 1.67. The molecule has 0 unspecified atom stereocenters. The molecule has 2 aromatic heterocycles. The van der Waals surface area contributed by atoms with Gasteiger partial charge in [0, 0.05) is 30.4 Å². The highest BCUT2D eigenvalue weighted by atomic mass is 16.4. The van der Waals surface area contributed by atoms with E-state index in [0.29, 0.717) is 18.4 Å². The van der Waals surface area contributed by atoms with E-state index in [0.717, 1.165) is 41.1 Å². The Morgan fingerprint density at radius 3 is 2.59 bits per heavy atom. The molecule has 8 nitrogen and oxygen atoms in total. The first kappa shape index (κ1) is 25.3. The second kappa shape index (κ2) is 10.6. The fourth-order valence-corrected chi connectivity index (χ4v) is 3.70. The second-order valence-electron chi connectivity index (χ2n) is 8.34. The Morgan fingerprint density at radius 1 is 1.28 bits per heavy atom. The Hall–Kier alpha value is -2.97. The maximum atomic E-state index is 11.8. The van der Waals surface area contributed by atoms with Crippen molar-refractivity contribution in [3.8, 4) is 11.4 Å². The summed E-state index contributed by atoms with van der Waals surface area (Å²) in [7, 11) is 4.03. The maximum Gasteiger partial charge on any atom is 0.309 e. The lowest BCUT2D eigenvalue weighted by Gasteiger charge is -2.15. The molecule has 2 atom stereocenters. The predicted octanol–water partition coefficient (Wildman–Crippen LogP) is 2.91. The number of aromatic amines is 1. The van der Waals surface area contributed by atoms with Crippen molar-refractivity contribution in [3.63, 3.8) is 0 Å². The molecule has 0 fully saturated rings. The van der Waals surface area contributed by atoms with Gasteiger partial charge in [-0.25, -0.2) is 4.98 Å². The number of benzene rings is 1. The van der Waals surface area contributed by atoms with Crippen molar-refractivity contribution in [2.24, 2.45) is 5.92 Å². The van der Waals surface area contributed by atoms with E-state index in [2.05, 4.69) is 14.5 Å². The number of aliphatic hydroxyl groups is 1. The van der Waals surface area contributed by atoms with Crippen LogP contribution in [0.4, 0.5) is 0 Å². The van der Waals surface area contributed by atoms with E-state index in [1.54, 1.807) is 13.1 Å². The molecule has 0 amide bonds. The number of aliphatic carboxylic acids is 1. The highest BCUT2D eigenvalue weighted by Gasteiger charge is 2.23. The number of fused-ring (bicyclic) bond motifs is 1. The molecule has 3 N–H and O–H groups in total. The SMILES string of the molecule is C.Cc1cc(-c2nc3cc(CC[C@H](C(=O)O)[C@@H](C)O)ccc3n2CCN(C)C)c[nH]c1=O. The van der Waals surface area contributed by atoms with Gasteiger partial charge in [-0.1, -0.05) is 13.5 Å². The van der Waals surface area contributed by atoms with Crippen LogP contribution in [0.15, 0.2) is 35.3 Å². The van der Waals surface area contributed by atoms with E-state index in [4.69, 9.17) is 4.98 Å². The Labute approximate surface area is 188 Å². The molecular formula is C24H34N4O4. The fraction of sp³-hybridized carbons (Fsp3) is 0.458. The van der Waals surface area contributed by atoms with Crippen LogP contribution in [0, 0.1) is 12.8 Å². The quantitative estimate of drug-likeness (QED) is 0.470. The van der Waals surface area contributed by atoms with Crippen molar-refractivity contribution < 1.29 is 15.0 Å². The summed E-state index contributed by atoms with van der Waals surface area (Å²) in [5.41, 5.74) is 4.12. The lowest BCUT2D eigenvalue weighted by Crippen LogP contribution is -2.26. The standard InChI is InChI=1S/C23H30N4O4.CH4/c1-14-11-17(13-24-22(14)29)21-25-19-12-16(5-7-18(15(2)28)23(30)31)6-8-20(19)27(21)10-9-26(3)4;/h6,8,11-13,15,18,28H,5,7,9-10H2,1-4H3,(H,24,29)(H,30,31);1H4/t15-,18+;/m1./s1. The molecule has 8 heteroatoms. The van der Waals surface area contributed by atoms with E-state index in [-0.39, 0.29) is 13.0 Å². The Bertz CT molecular complexity index is 1130. The van der Waals surface area contributed by atoms with Gasteiger partial charge < -0.3 is 24.7 Å². The Balaban J connectivity index is 0.00000363. The van der Waals surface area contributed by atoms with Crippen LogP contribution in [-0.2, 0) is 17.8 Å². The van der Waals surface area contributed by atoms with Gasteiger partial charge in [-0.05, 0) is 64.5 Å². The summed E-state index contributed by atoms with van der Waals surface area (Å²) < 4.78 is 2.14. The number of pyridine rings is 1. The second-order valence-corrected chi connectivity index (χ2v) is 8.34. The van der Waals surface area contributed by atoms with Gasteiger partial charge in [0.15, 0.2) is 0 Å². The van der Waals surface area contributed by atoms with Crippen molar-refractivity contribution in [2.45, 2.75) is 46.8 Å². The lowest BCUT2D eigenvalue weighted by molar-refractivity contribution is -0.145. The van der Waals surface area contributed by atoms with Crippen LogP contribution in [0.1, 0.15) is 31.9 Å². The summed E-state index contributed by atoms with van der Waals surface area (Å²) in [5.74, 6) is -1.01. The van der Waals surface area contributed by atoms with Gasteiger partial charge in [0.1, 0.15) is 5.82 Å². The molecule has 3 aromatic rings. The number of aryl methyl sites for hydroxylation is 2. The normalized spacial score (nSPS) is 13.2. The molecule has 2 heterocycles. The molecule has 0 aliphatic heterocycles. The number of aromatic nitrogens is 3. The average Bonchev–Trinajstić information content (AvgIpc) is 3.05. The summed E-state index contributed by atoms with van der Waals surface area (Å²) in [6.45, 7) is 4.85. The van der Waals surface area contributed by atoms with Gasteiger partial charge >= 0.3 is 5.97 Å². The zero-order valence-corrected chi connectivity index (χ0v) is 18.4. The summed E-state index contributed by atoms with van der Waals surface area (Å²) in [4.78, 5) is 32.9. The third kappa shape index (κ3) is 5.63. The summed E-state index contributed by atoms with van der Waals surface area (Å²) in [6, 6.07) is 7.81. The summed E-state index contributed by atoms with van der Waals surface area (Å²) in [5, 5.41) is 19.0. The minimum atomic E-state index is -0.986. The van der Waals surface area contributed by atoms with Crippen LogP contribution in [-0.4, -0.2) is 62.4 Å². The number of rotatable bonds is 9. The fourth-order valence-electron chi connectivity index (χ4n) is 3.70. The van der Waals surface area contributed by atoms with Crippen LogP contribution in [0.25, 0.3) is 22.4 Å². The highest BCUT2D eigenvalue weighted by molar-refractivity contribution is 5.81. The Kier molecular flexibility index (Phi) is 8.35. The molecule has 0 spiro atoms. The van der Waals surface area contributed by atoms with Gasteiger partial charge in [-0.3, -0.25) is 9.59 Å². The van der Waals surface area contributed by atoms with Crippen LogP contribution in [0.2, 0.25) is 0 Å². The predicted molar refractivity (Wildman–Crippen MR) is 127 cm³/mol. The van der Waals surface area contributed by atoms with Crippen molar-refractivity contribution in [3.05, 3.63) is 51.9 Å². The van der Waals surface area contributed by atoms with Gasteiger partial charge in [-0.15, -0.1) is 0 Å². The van der Waals surface area contributed by atoms with Gasteiger partial charge in [-0.2, -0.15) is 0 Å². The topological polar surface area (TPSA) is 111 Å². The molecule has 0 radical (unpaired) electrons. The molecule has 0 aliphatic rings. The summed E-state index contributed by atoms with van der Waals surface area (Å²) >= 11 is 0. The number of carboxylic acids is 1. The lowest BCUT2D eigenvalue weighted by atomic mass is 9.95. The largest absolute Gasteiger partial charge is 0.481 e. The monoisotopic (exact) mass is 442 g/mol. The number of carboxylic acid groups (broad SMARTS) is 1. The molecule has 0 saturated carbocycles. The molecular weight excluding hydrogens is 408 g/mol. The van der Waals surface area contributed by atoms with Crippen molar-refractivity contribution in [1.82, 2.24) is 19.4 Å². The van der Waals surface area contributed by atoms with Gasteiger partial charge in [0.25, 0.3) is 5.56 Å². The minimum Gasteiger partial charge on any atom is -0.481 e.